The summed E-state index contributed by atoms with van der Waals surface area (Å²) in [4.78, 5) is 21.0. The van der Waals surface area contributed by atoms with Crippen LogP contribution in [0.3, 0.4) is 0 Å². The van der Waals surface area contributed by atoms with Crippen LogP contribution in [0.4, 0.5) is 0 Å². The van der Waals surface area contributed by atoms with Crippen LogP contribution in [0.5, 0.6) is 5.75 Å². The first-order valence-corrected chi connectivity index (χ1v) is 3.64. The maximum Gasteiger partial charge on any atom is 0.308 e. The summed E-state index contributed by atoms with van der Waals surface area (Å²) in [7, 11) is 0. The number of hydrogen-bond acceptors (Lipinski definition) is 3. The smallest absolute Gasteiger partial charge is 0.308 e. The highest BCUT2D eigenvalue weighted by atomic mass is 16.5. The Balaban J connectivity index is 2.81. The van der Waals surface area contributed by atoms with Crippen molar-refractivity contribution in [2.75, 3.05) is 0 Å². The lowest BCUT2D eigenvalue weighted by molar-refractivity contribution is -0.131. The van der Waals surface area contributed by atoms with Crippen molar-refractivity contribution in [3.05, 3.63) is 29.8 Å². The van der Waals surface area contributed by atoms with E-state index in [-0.39, 0.29) is 5.56 Å². The van der Waals surface area contributed by atoms with E-state index >= 15 is 0 Å². The van der Waals surface area contributed by atoms with E-state index in [0.29, 0.717) is 5.75 Å². The molecule has 1 N–H and O–H groups in total. The Kier molecular flexibility index (Phi) is 2.64. The summed E-state index contributed by atoms with van der Waals surface area (Å²) < 4.78 is 4.74. The average molecular weight is 178 g/mol. The summed E-state index contributed by atoms with van der Waals surface area (Å²) in [5.41, 5.74) is 7.06. The number of carbonyl (C=O) groups excluding carboxylic acids is 2. The molecule has 4 nitrogen and oxygen atoms in total. The lowest BCUT2D eigenvalue weighted by atomic mass is 10.2. The van der Waals surface area contributed by atoms with E-state index in [1.165, 1.54) is 31.2 Å². The number of benzene rings is 1. The standard InChI is InChI=1S/C9H8NO3/c1-6(11)13-8-4-2-7(3-5-8)9(10)12/h2-5,10H,1H3. The van der Waals surface area contributed by atoms with Crippen LogP contribution in [-0.4, -0.2) is 11.9 Å². The van der Waals surface area contributed by atoms with Crippen LogP contribution in [0, 0.1) is 0 Å². The van der Waals surface area contributed by atoms with Gasteiger partial charge in [0.2, 0.25) is 0 Å². The molecule has 0 saturated carbocycles. The lowest BCUT2D eigenvalue weighted by Gasteiger charge is -2.00. The SMILES string of the molecule is CC(=O)Oc1ccc(C([NH])=O)cc1. The molecule has 0 bridgehead atoms. The van der Waals surface area contributed by atoms with Gasteiger partial charge in [0.1, 0.15) is 5.75 Å². The summed E-state index contributed by atoms with van der Waals surface area (Å²) in [6.07, 6.45) is 0. The van der Waals surface area contributed by atoms with E-state index in [4.69, 9.17) is 10.5 Å². The minimum absolute atomic E-state index is 0.274. The first-order valence-electron chi connectivity index (χ1n) is 3.64. The third kappa shape index (κ3) is 2.59. The van der Waals surface area contributed by atoms with Crippen molar-refractivity contribution in [3.63, 3.8) is 0 Å². The molecule has 1 aromatic carbocycles. The summed E-state index contributed by atoms with van der Waals surface area (Å²) in [6.45, 7) is 1.30. The molecule has 0 spiro atoms. The van der Waals surface area contributed by atoms with Gasteiger partial charge in [-0.05, 0) is 24.3 Å². The molecule has 67 valence electrons. The van der Waals surface area contributed by atoms with Crippen LogP contribution in [0.25, 0.3) is 0 Å². The Hall–Kier alpha value is -1.84. The zero-order valence-electron chi connectivity index (χ0n) is 7.03. The number of hydrogen-bond donors (Lipinski definition) is 0. The minimum Gasteiger partial charge on any atom is -0.427 e. The predicted octanol–water partition coefficient (Wildman–Crippen LogP) is 1.03. The van der Waals surface area contributed by atoms with E-state index in [1.807, 2.05) is 0 Å². The molecule has 1 amide bonds. The molecule has 0 aliphatic carbocycles. The normalized spacial score (nSPS) is 9.31. The van der Waals surface area contributed by atoms with Gasteiger partial charge in [-0.15, -0.1) is 0 Å². The average Bonchev–Trinajstić information content (AvgIpc) is 2.04. The van der Waals surface area contributed by atoms with Gasteiger partial charge in [0, 0.05) is 12.5 Å². The fourth-order valence-electron chi connectivity index (χ4n) is 0.840. The number of nitrogens with one attached hydrogen (secondary N) is 1. The second-order valence-corrected chi connectivity index (χ2v) is 2.45. The van der Waals surface area contributed by atoms with E-state index in [1.54, 1.807) is 0 Å². The number of esters is 1. The Morgan fingerprint density at radius 2 is 1.77 bits per heavy atom. The molecular weight excluding hydrogens is 170 g/mol. The number of rotatable bonds is 2. The molecular formula is C9H8NO3. The predicted molar refractivity (Wildman–Crippen MR) is 45.2 cm³/mol. The van der Waals surface area contributed by atoms with Crippen LogP contribution >= 0.6 is 0 Å². The second kappa shape index (κ2) is 3.71. The molecule has 0 unspecified atom stereocenters. The van der Waals surface area contributed by atoms with Gasteiger partial charge in [-0.2, -0.15) is 0 Å². The van der Waals surface area contributed by atoms with Gasteiger partial charge in [-0.3, -0.25) is 15.3 Å². The molecule has 0 atom stereocenters. The first-order chi connectivity index (χ1) is 6.09. The molecule has 0 fully saturated rings. The summed E-state index contributed by atoms with van der Waals surface area (Å²) in [6, 6.07) is 5.83. The highest BCUT2D eigenvalue weighted by Gasteiger charge is 2.01. The van der Waals surface area contributed by atoms with Gasteiger partial charge in [0.15, 0.2) is 0 Å². The van der Waals surface area contributed by atoms with Gasteiger partial charge >= 0.3 is 5.97 Å². The Labute approximate surface area is 75.3 Å². The van der Waals surface area contributed by atoms with Crippen molar-refractivity contribution in [2.24, 2.45) is 0 Å². The molecule has 0 heterocycles. The largest absolute Gasteiger partial charge is 0.427 e. The highest BCUT2D eigenvalue weighted by molar-refractivity contribution is 5.92. The van der Waals surface area contributed by atoms with E-state index < -0.39 is 11.9 Å². The number of amides is 1. The van der Waals surface area contributed by atoms with Crippen LogP contribution in [0.2, 0.25) is 0 Å². The molecule has 0 saturated heterocycles. The van der Waals surface area contributed by atoms with Gasteiger partial charge < -0.3 is 4.74 Å². The molecule has 0 aliphatic rings. The van der Waals surface area contributed by atoms with Crippen molar-refractivity contribution in [1.82, 2.24) is 5.73 Å². The molecule has 0 aromatic heterocycles. The third-order valence-corrected chi connectivity index (χ3v) is 1.38. The summed E-state index contributed by atoms with van der Waals surface area (Å²) in [5.74, 6) is -0.795. The maximum atomic E-state index is 10.5. The molecule has 0 aliphatic heterocycles. The zero-order chi connectivity index (χ0) is 9.84. The summed E-state index contributed by atoms with van der Waals surface area (Å²) in [5, 5.41) is 0. The van der Waals surface area contributed by atoms with Crippen LogP contribution in [0.1, 0.15) is 17.3 Å². The quantitative estimate of drug-likeness (QED) is 0.501. The Morgan fingerprint density at radius 3 is 2.15 bits per heavy atom. The van der Waals surface area contributed by atoms with Gasteiger partial charge in [-0.1, -0.05) is 0 Å². The van der Waals surface area contributed by atoms with Crippen LogP contribution < -0.4 is 10.5 Å². The molecule has 13 heavy (non-hydrogen) atoms. The van der Waals surface area contributed by atoms with Gasteiger partial charge in [0.25, 0.3) is 5.91 Å². The number of ether oxygens (including phenoxy) is 1. The monoisotopic (exact) mass is 178 g/mol. The Morgan fingerprint density at radius 1 is 1.23 bits per heavy atom. The highest BCUT2D eigenvalue weighted by Crippen LogP contribution is 2.11. The van der Waals surface area contributed by atoms with Crippen molar-refractivity contribution >= 4 is 11.9 Å². The molecule has 4 heteroatoms. The minimum atomic E-state index is -0.755. The van der Waals surface area contributed by atoms with Gasteiger partial charge in [0.05, 0.1) is 0 Å². The Bertz CT molecular complexity index is 329. The summed E-state index contributed by atoms with van der Waals surface area (Å²) >= 11 is 0. The lowest BCUT2D eigenvalue weighted by Crippen LogP contribution is -2.02. The molecule has 1 rings (SSSR count). The zero-order valence-corrected chi connectivity index (χ0v) is 7.03. The van der Waals surface area contributed by atoms with Crippen LogP contribution in [-0.2, 0) is 4.79 Å². The topological polar surface area (TPSA) is 67.2 Å². The van der Waals surface area contributed by atoms with Crippen molar-refractivity contribution in [2.45, 2.75) is 6.92 Å². The third-order valence-electron chi connectivity index (χ3n) is 1.38. The van der Waals surface area contributed by atoms with Crippen molar-refractivity contribution in [1.29, 1.82) is 0 Å². The van der Waals surface area contributed by atoms with E-state index in [0.717, 1.165) is 0 Å². The molecule has 1 radical (unpaired) electrons. The van der Waals surface area contributed by atoms with Gasteiger partial charge in [-0.25, -0.2) is 0 Å². The van der Waals surface area contributed by atoms with Crippen LogP contribution in [0.15, 0.2) is 24.3 Å². The first kappa shape index (κ1) is 9.25. The fraction of sp³-hybridized carbons (Fsp3) is 0.111. The van der Waals surface area contributed by atoms with E-state index in [9.17, 15) is 9.59 Å². The number of carbonyl (C=O) groups is 2. The second-order valence-electron chi connectivity index (χ2n) is 2.45. The van der Waals surface area contributed by atoms with Crippen molar-refractivity contribution in [3.8, 4) is 5.75 Å². The van der Waals surface area contributed by atoms with E-state index in [2.05, 4.69) is 0 Å². The maximum absolute atomic E-state index is 10.5. The fourth-order valence-corrected chi connectivity index (χ4v) is 0.840. The van der Waals surface area contributed by atoms with Crippen molar-refractivity contribution < 1.29 is 14.3 Å². The molecule has 1 aromatic rings.